The smallest absolute Gasteiger partial charge is 0.245 e. The van der Waals surface area contributed by atoms with Gasteiger partial charge in [-0.15, -0.1) is 0 Å². The summed E-state index contributed by atoms with van der Waals surface area (Å²) in [5.41, 5.74) is -1.19. The van der Waals surface area contributed by atoms with Gasteiger partial charge in [0.05, 0.1) is 15.4 Å². The van der Waals surface area contributed by atoms with Crippen LogP contribution in [0.25, 0.3) is 0 Å². The van der Waals surface area contributed by atoms with Crippen molar-refractivity contribution in [3.8, 4) is 6.07 Å². The molecule has 0 amide bonds. The van der Waals surface area contributed by atoms with Gasteiger partial charge in [0.25, 0.3) is 0 Å². The number of pyridine rings is 1. The lowest BCUT2D eigenvalue weighted by Crippen LogP contribution is -2.08. The van der Waals surface area contributed by atoms with E-state index in [1.165, 1.54) is 0 Å². The van der Waals surface area contributed by atoms with Crippen LogP contribution in [-0.2, 0) is 16.0 Å². The number of rotatable bonds is 2. The number of aromatic nitrogens is 1. The Morgan fingerprint density at radius 1 is 1.10 bits per heavy atom. The number of hydrogen-bond donors (Lipinski definition) is 0. The molecule has 0 radical (unpaired) electrons. The molecule has 108 valence electrons. The zero-order valence-corrected chi connectivity index (χ0v) is 11.1. The first-order valence-electron chi connectivity index (χ1n) is 5.53. The van der Waals surface area contributed by atoms with Crippen LogP contribution in [0.3, 0.4) is 0 Å². The summed E-state index contributed by atoms with van der Waals surface area (Å²) in [7, 11) is -4.15. The minimum Gasteiger partial charge on any atom is -0.245 e. The number of hydrogen-bond acceptors (Lipinski definition) is 4. The Kier molecular flexibility index (Phi) is 3.70. The van der Waals surface area contributed by atoms with E-state index in [0.717, 1.165) is 36.5 Å². The zero-order chi connectivity index (χ0) is 15.7. The lowest BCUT2D eigenvalue weighted by Gasteiger charge is -2.09. The highest BCUT2D eigenvalue weighted by molar-refractivity contribution is 7.91. The number of alkyl halides is 3. The van der Waals surface area contributed by atoms with Gasteiger partial charge in [0.1, 0.15) is 11.8 Å². The highest BCUT2D eigenvalue weighted by Gasteiger charge is 2.32. The molecule has 21 heavy (non-hydrogen) atoms. The second kappa shape index (κ2) is 5.18. The van der Waals surface area contributed by atoms with Gasteiger partial charge in [-0.1, -0.05) is 6.07 Å². The standard InChI is InChI=1S/C13H7F3N2O2S/c14-13(15,16)9-2-1-3-11(6-9)21(19,20)12-4-5-18-10(7-12)8-17/h1-7H. The van der Waals surface area contributed by atoms with Crippen LogP contribution < -0.4 is 0 Å². The Labute approximate surface area is 118 Å². The minimum atomic E-state index is -4.64. The predicted molar refractivity (Wildman–Crippen MR) is 65.8 cm³/mol. The normalized spacial score (nSPS) is 11.9. The first kappa shape index (κ1) is 15.0. The molecule has 0 unspecified atom stereocenters. The fraction of sp³-hybridized carbons (Fsp3) is 0.0769. The number of nitrogens with zero attached hydrogens (tertiary/aromatic N) is 2. The summed E-state index contributed by atoms with van der Waals surface area (Å²) >= 11 is 0. The third kappa shape index (κ3) is 3.03. The highest BCUT2D eigenvalue weighted by atomic mass is 32.2. The maximum atomic E-state index is 12.6. The van der Waals surface area contributed by atoms with Gasteiger partial charge in [0.2, 0.25) is 9.84 Å². The van der Waals surface area contributed by atoms with Crippen LogP contribution in [0.4, 0.5) is 13.2 Å². The van der Waals surface area contributed by atoms with Crippen LogP contribution in [0.5, 0.6) is 0 Å². The Hall–Kier alpha value is -2.40. The molecular formula is C13H7F3N2O2S. The van der Waals surface area contributed by atoms with E-state index >= 15 is 0 Å². The van der Waals surface area contributed by atoms with Crippen LogP contribution >= 0.6 is 0 Å². The van der Waals surface area contributed by atoms with Gasteiger partial charge in [-0.2, -0.15) is 18.4 Å². The Morgan fingerprint density at radius 3 is 2.38 bits per heavy atom. The van der Waals surface area contributed by atoms with Gasteiger partial charge in [-0.05, 0) is 30.3 Å². The van der Waals surface area contributed by atoms with Crippen molar-refractivity contribution in [2.24, 2.45) is 0 Å². The van der Waals surface area contributed by atoms with E-state index in [-0.39, 0.29) is 10.6 Å². The first-order valence-corrected chi connectivity index (χ1v) is 7.02. The van der Waals surface area contributed by atoms with Crippen LogP contribution in [0, 0.1) is 11.3 Å². The summed E-state index contributed by atoms with van der Waals surface area (Å²) in [6, 6.07) is 7.23. The third-order valence-corrected chi connectivity index (χ3v) is 4.38. The molecule has 4 nitrogen and oxygen atoms in total. The van der Waals surface area contributed by atoms with Crippen molar-refractivity contribution in [2.45, 2.75) is 16.0 Å². The number of sulfone groups is 1. The van der Waals surface area contributed by atoms with E-state index in [2.05, 4.69) is 4.98 Å². The van der Waals surface area contributed by atoms with E-state index in [4.69, 9.17) is 5.26 Å². The largest absolute Gasteiger partial charge is 0.416 e. The second-order valence-corrected chi connectivity index (χ2v) is 5.97. The number of benzene rings is 1. The first-order chi connectivity index (χ1) is 9.75. The molecule has 2 rings (SSSR count). The summed E-state index contributed by atoms with van der Waals surface area (Å²) < 4.78 is 62.4. The molecule has 8 heteroatoms. The summed E-state index contributed by atoms with van der Waals surface area (Å²) in [6.45, 7) is 0. The molecule has 2 aromatic rings. The van der Waals surface area contributed by atoms with Crippen molar-refractivity contribution in [1.29, 1.82) is 5.26 Å². The summed E-state index contributed by atoms with van der Waals surface area (Å²) in [4.78, 5) is 2.84. The average Bonchev–Trinajstić information content (AvgIpc) is 2.46. The van der Waals surface area contributed by atoms with Crippen LogP contribution in [0.2, 0.25) is 0 Å². The SMILES string of the molecule is N#Cc1cc(S(=O)(=O)c2cccc(C(F)(F)F)c2)ccn1. The van der Waals surface area contributed by atoms with Gasteiger partial charge in [0, 0.05) is 6.20 Å². The van der Waals surface area contributed by atoms with Gasteiger partial charge in [-0.25, -0.2) is 13.4 Å². The van der Waals surface area contributed by atoms with E-state index in [9.17, 15) is 21.6 Å². The average molecular weight is 312 g/mol. The van der Waals surface area contributed by atoms with E-state index in [0.29, 0.717) is 6.07 Å². The number of nitriles is 1. The number of halogens is 3. The van der Waals surface area contributed by atoms with Gasteiger partial charge < -0.3 is 0 Å². The quantitative estimate of drug-likeness (QED) is 0.855. The lowest BCUT2D eigenvalue weighted by atomic mass is 10.2. The van der Waals surface area contributed by atoms with Gasteiger partial charge in [0.15, 0.2) is 0 Å². The van der Waals surface area contributed by atoms with Crippen LogP contribution in [-0.4, -0.2) is 13.4 Å². The maximum absolute atomic E-state index is 12.6. The molecule has 0 saturated carbocycles. The molecule has 0 fully saturated rings. The van der Waals surface area contributed by atoms with Crippen molar-refractivity contribution >= 4 is 9.84 Å². The monoisotopic (exact) mass is 312 g/mol. The topological polar surface area (TPSA) is 70.8 Å². The Morgan fingerprint density at radius 2 is 1.76 bits per heavy atom. The van der Waals surface area contributed by atoms with Crippen molar-refractivity contribution in [1.82, 2.24) is 4.98 Å². The van der Waals surface area contributed by atoms with Crippen molar-refractivity contribution in [2.75, 3.05) is 0 Å². The van der Waals surface area contributed by atoms with E-state index in [1.54, 1.807) is 6.07 Å². The zero-order valence-electron chi connectivity index (χ0n) is 10.3. The lowest BCUT2D eigenvalue weighted by molar-refractivity contribution is -0.137. The molecule has 0 aliphatic rings. The Balaban J connectivity index is 2.57. The molecule has 0 spiro atoms. The highest BCUT2D eigenvalue weighted by Crippen LogP contribution is 2.31. The van der Waals surface area contributed by atoms with Crippen molar-refractivity contribution in [3.63, 3.8) is 0 Å². The molecule has 0 N–H and O–H groups in total. The second-order valence-electron chi connectivity index (χ2n) is 4.02. The molecule has 0 saturated heterocycles. The predicted octanol–water partition coefficient (Wildman–Crippen LogP) is 2.80. The molecule has 1 heterocycles. The molecule has 1 aromatic heterocycles. The molecular weight excluding hydrogens is 305 g/mol. The summed E-state index contributed by atoms with van der Waals surface area (Å²) in [5.74, 6) is 0. The van der Waals surface area contributed by atoms with Gasteiger partial charge >= 0.3 is 6.18 Å². The van der Waals surface area contributed by atoms with Gasteiger partial charge in [-0.3, -0.25) is 0 Å². The third-order valence-electron chi connectivity index (χ3n) is 2.63. The fourth-order valence-corrected chi connectivity index (χ4v) is 2.93. The summed E-state index contributed by atoms with van der Waals surface area (Å²) in [5, 5.41) is 8.69. The maximum Gasteiger partial charge on any atom is 0.416 e. The molecule has 1 aromatic carbocycles. The molecule has 0 aliphatic heterocycles. The molecule has 0 atom stereocenters. The minimum absolute atomic E-state index is 0.136. The summed E-state index contributed by atoms with van der Waals surface area (Å²) in [6.07, 6.45) is -3.53. The molecule has 0 aliphatic carbocycles. The fourth-order valence-electron chi connectivity index (χ4n) is 1.62. The van der Waals surface area contributed by atoms with Crippen molar-refractivity contribution < 1.29 is 21.6 Å². The van der Waals surface area contributed by atoms with E-state index in [1.807, 2.05) is 0 Å². The van der Waals surface area contributed by atoms with E-state index < -0.39 is 26.5 Å². The van der Waals surface area contributed by atoms with Crippen molar-refractivity contribution in [3.05, 3.63) is 53.9 Å². The molecule has 0 bridgehead atoms. The Bertz CT molecular complexity index is 824. The van der Waals surface area contributed by atoms with Crippen LogP contribution in [0.1, 0.15) is 11.3 Å². The van der Waals surface area contributed by atoms with Crippen LogP contribution in [0.15, 0.2) is 52.4 Å².